The third-order valence-electron chi connectivity index (χ3n) is 3.93. The second-order valence-electron chi connectivity index (χ2n) is 5.63. The Bertz CT molecular complexity index is 880. The molecule has 1 aromatic carbocycles. The fourth-order valence-electron chi connectivity index (χ4n) is 2.83. The van der Waals surface area contributed by atoms with E-state index in [4.69, 9.17) is 16.3 Å². The fourth-order valence-corrected chi connectivity index (χ4v) is 4.09. The molecule has 1 N–H and O–H groups in total. The van der Waals surface area contributed by atoms with Crippen LogP contribution in [0.1, 0.15) is 11.8 Å². The molecule has 25 heavy (non-hydrogen) atoms. The minimum absolute atomic E-state index is 0.0428. The molecule has 0 aliphatic heterocycles. The van der Waals surface area contributed by atoms with E-state index < -0.39 is 0 Å². The van der Waals surface area contributed by atoms with E-state index in [1.165, 1.54) is 0 Å². The third-order valence-corrected chi connectivity index (χ3v) is 5.10. The quantitative estimate of drug-likeness (QED) is 0.654. The Morgan fingerprint density at radius 2 is 1.96 bits per heavy atom. The molecule has 0 fully saturated rings. The summed E-state index contributed by atoms with van der Waals surface area (Å²) in [5.41, 5.74) is 2.18. The highest BCUT2D eigenvalue weighted by molar-refractivity contribution is 7.19. The van der Waals surface area contributed by atoms with E-state index in [-0.39, 0.29) is 11.9 Å². The molecular formula is C18H20ClN3O2S. The summed E-state index contributed by atoms with van der Waals surface area (Å²) in [6.07, 6.45) is 0. The van der Waals surface area contributed by atoms with Gasteiger partial charge in [-0.2, -0.15) is 4.98 Å². The van der Waals surface area contributed by atoms with Crippen LogP contribution in [0.5, 0.6) is 5.75 Å². The predicted molar refractivity (Wildman–Crippen MR) is 104 cm³/mol. The van der Waals surface area contributed by atoms with E-state index in [0.717, 1.165) is 37.8 Å². The predicted octanol–water partition coefficient (Wildman–Crippen LogP) is 4.15. The number of likely N-dealkylation sites (N-methyl/N-ethyl adjacent to an activating group) is 1. The maximum atomic E-state index is 9.28. The van der Waals surface area contributed by atoms with Crippen molar-refractivity contribution in [2.24, 2.45) is 0 Å². The monoisotopic (exact) mass is 377 g/mol. The first-order chi connectivity index (χ1) is 12.0. The lowest BCUT2D eigenvalue weighted by Gasteiger charge is -2.18. The van der Waals surface area contributed by atoms with Crippen molar-refractivity contribution in [1.29, 1.82) is 0 Å². The molecule has 0 bridgehead atoms. The van der Waals surface area contributed by atoms with Crippen molar-refractivity contribution < 1.29 is 9.84 Å². The second kappa shape index (κ2) is 7.56. The zero-order chi connectivity index (χ0) is 18.0. The van der Waals surface area contributed by atoms with Gasteiger partial charge >= 0.3 is 0 Å². The lowest BCUT2D eigenvalue weighted by Crippen LogP contribution is -2.22. The highest BCUT2D eigenvalue weighted by Crippen LogP contribution is 2.42. The first-order valence-corrected chi connectivity index (χ1v) is 9.26. The molecule has 0 aliphatic rings. The van der Waals surface area contributed by atoms with Gasteiger partial charge in [0.2, 0.25) is 5.28 Å². The van der Waals surface area contributed by atoms with Crippen LogP contribution >= 0.6 is 22.9 Å². The summed E-state index contributed by atoms with van der Waals surface area (Å²) in [6, 6.07) is 8.03. The number of hydrogen-bond acceptors (Lipinski definition) is 6. The van der Waals surface area contributed by atoms with Gasteiger partial charge in [-0.15, -0.1) is 11.3 Å². The van der Waals surface area contributed by atoms with E-state index in [2.05, 4.69) is 16.9 Å². The molecule has 0 saturated heterocycles. The minimum Gasteiger partial charge on any atom is -0.494 e. The fraction of sp³-hybridized carbons (Fsp3) is 0.333. The molecule has 0 amide bonds. The Labute approximate surface area is 155 Å². The smallest absolute Gasteiger partial charge is 0.225 e. The van der Waals surface area contributed by atoms with Crippen molar-refractivity contribution >= 4 is 39.0 Å². The van der Waals surface area contributed by atoms with E-state index in [1.54, 1.807) is 11.3 Å². The van der Waals surface area contributed by atoms with Crippen molar-refractivity contribution in [2.45, 2.75) is 13.8 Å². The maximum absolute atomic E-state index is 9.28. The van der Waals surface area contributed by atoms with Gasteiger partial charge in [-0.05, 0) is 43.1 Å². The van der Waals surface area contributed by atoms with Crippen molar-refractivity contribution in [3.63, 3.8) is 0 Å². The van der Waals surface area contributed by atoms with E-state index >= 15 is 0 Å². The van der Waals surface area contributed by atoms with Gasteiger partial charge in [0, 0.05) is 24.0 Å². The molecule has 3 rings (SSSR count). The third kappa shape index (κ3) is 3.56. The first-order valence-electron chi connectivity index (χ1n) is 8.07. The molecule has 0 atom stereocenters. The number of fused-ring (bicyclic) bond motifs is 1. The van der Waals surface area contributed by atoms with Gasteiger partial charge in [0.25, 0.3) is 0 Å². The number of ether oxygens (including phenoxy) is 1. The molecule has 2 heterocycles. The van der Waals surface area contributed by atoms with E-state index in [9.17, 15) is 5.11 Å². The van der Waals surface area contributed by atoms with Crippen molar-refractivity contribution in [1.82, 2.24) is 9.97 Å². The molecular weight excluding hydrogens is 358 g/mol. The van der Waals surface area contributed by atoms with Gasteiger partial charge in [0.1, 0.15) is 16.4 Å². The molecule has 0 radical (unpaired) electrons. The normalized spacial score (nSPS) is 11.1. The Hall–Kier alpha value is -1.89. The van der Waals surface area contributed by atoms with Crippen molar-refractivity contribution in [2.75, 3.05) is 31.7 Å². The van der Waals surface area contributed by atoms with Crippen LogP contribution in [0.25, 0.3) is 21.3 Å². The summed E-state index contributed by atoms with van der Waals surface area (Å²) < 4.78 is 5.53. The van der Waals surface area contributed by atoms with Crippen molar-refractivity contribution in [3.05, 3.63) is 34.4 Å². The highest BCUT2D eigenvalue weighted by Gasteiger charge is 2.20. The Kier molecular flexibility index (Phi) is 5.42. The molecule has 132 valence electrons. The number of aliphatic hydroxyl groups is 1. The number of aryl methyl sites for hydroxylation is 1. The van der Waals surface area contributed by atoms with E-state index in [0.29, 0.717) is 13.2 Å². The van der Waals surface area contributed by atoms with E-state index in [1.807, 2.05) is 43.1 Å². The van der Waals surface area contributed by atoms with Crippen LogP contribution in [0.15, 0.2) is 24.3 Å². The average Bonchev–Trinajstić information content (AvgIpc) is 2.91. The van der Waals surface area contributed by atoms with Crippen LogP contribution in [0.3, 0.4) is 0 Å². The second-order valence-corrected chi connectivity index (χ2v) is 7.17. The van der Waals surface area contributed by atoms with Crippen LogP contribution in [0, 0.1) is 6.92 Å². The standard InChI is InChI=1S/C18H20ClN3O2S/c1-4-24-13-7-5-12(6-8-13)14-11(2)25-17-15(14)16(20-18(19)21-17)22(3)9-10-23/h5-8,23H,4,9-10H2,1-3H3. The summed E-state index contributed by atoms with van der Waals surface area (Å²) >= 11 is 7.71. The van der Waals surface area contributed by atoms with Gasteiger partial charge < -0.3 is 14.7 Å². The zero-order valence-electron chi connectivity index (χ0n) is 14.4. The summed E-state index contributed by atoms with van der Waals surface area (Å²) in [7, 11) is 1.89. The zero-order valence-corrected chi connectivity index (χ0v) is 16.0. The van der Waals surface area contributed by atoms with Gasteiger partial charge in [-0.25, -0.2) is 4.98 Å². The molecule has 0 spiro atoms. The molecule has 2 aromatic heterocycles. The number of thiophene rings is 1. The van der Waals surface area contributed by atoms with Gasteiger partial charge in [-0.3, -0.25) is 0 Å². The Morgan fingerprint density at radius 3 is 2.60 bits per heavy atom. The van der Waals surface area contributed by atoms with Gasteiger partial charge in [0.15, 0.2) is 0 Å². The number of rotatable bonds is 6. The Morgan fingerprint density at radius 1 is 1.24 bits per heavy atom. The lowest BCUT2D eigenvalue weighted by molar-refractivity contribution is 0.304. The van der Waals surface area contributed by atoms with Gasteiger partial charge in [0.05, 0.1) is 18.6 Å². The van der Waals surface area contributed by atoms with Crippen LogP contribution in [0.2, 0.25) is 5.28 Å². The number of halogens is 1. The van der Waals surface area contributed by atoms with Crippen LogP contribution < -0.4 is 9.64 Å². The highest BCUT2D eigenvalue weighted by atomic mass is 35.5. The SMILES string of the molecule is CCOc1ccc(-c2c(C)sc3nc(Cl)nc(N(C)CCO)c23)cc1. The molecule has 3 aromatic rings. The summed E-state index contributed by atoms with van der Waals surface area (Å²) in [5, 5.41) is 10.5. The van der Waals surface area contributed by atoms with Crippen LogP contribution in [-0.4, -0.2) is 41.9 Å². The number of aliphatic hydroxyl groups excluding tert-OH is 1. The number of aromatic nitrogens is 2. The minimum atomic E-state index is 0.0428. The number of nitrogens with zero attached hydrogens (tertiary/aromatic N) is 3. The number of hydrogen-bond donors (Lipinski definition) is 1. The molecule has 0 unspecified atom stereocenters. The summed E-state index contributed by atoms with van der Waals surface area (Å²) in [4.78, 5) is 12.7. The topological polar surface area (TPSA) is 58.5 Å². The van der Waals surface area contributed by atoms with Crippen molar-refractivity contribution in [3.8, 4) is 16.9 Å². The van der Waals surface area contributed by atoms with Crippen LogP contribution in [-0.2, 0) is 0 Å². The molecule has 0 saturated carbocycles. The number of anilines is 1. The van der Waals surface area contributed by atoms with Gasteiger partial charge in [-0.1, -0.05) is 12.1 Å². The maximum Gasteiger partial charge on any atom is 0.225 e. The molecule has 7 heteroatoms. The summed E-state index contributed by atoms with van der Waals surface area (Å²) in [6.45, 7) is 5.19. The first kappa shape index (κ1) is 17.9. The largest absolute Gasteiger partial charge is 0.494 e. The lowest BCUT2D eigenvalue weighted by atomic mass is 10.0. The summed E-state index contributed by atoms with van der Waals surface area (Å²) in [5.74, 6) is 1.58. The Balaban J connectivity index is 2.18. The molecule has 5 nitrogen and oxygen atoms in total. The number of benzene rings is 1. The van der Waals surface area contributed by atoms with Crippen LogP contribution in [0.4, 0.5) is 5.82 Å². The average molecular weight is 378 g/mol. The molecule has 0 aliphatic carbocycles.